The second kappa shape index (κ2) is 5.57. The first kappa shape index (κ1) is 9.79. The van der Waals surface area contributed by atoms with Crippen molar-refractivity contribution in [2.75, 3.05) is 6.61 Å². The number of ether oxygens (including phenoxy) is 1. The fourth-order valence-corrected chi connectivity index (χ4v) is 0.452. The first-order chi connectivity index (χ1) is 4.72. The van der Waals surface area contributed by atoms with Crippen molar-refractivity contribution in [2.24, 2.45) is 0 Å². The molecule has 0 unspecified atom stereocenters. The van der Waals surface area contributed by atoms with E-state index in [4.69, 9.17) is 23.2 Å². The molecular weight excluding hydrogens is 175 g/mol. The minimum absolute atomic E-state index is 0.0879. The topological polar surface area (TPSA) is 26.3 Å². The van der Waals surface area contributed by atoms with Crippen LogP contribution in [0, 0.1) is 0 Å². The lowest BCUT2D eigenvalue weighted by Gasteiger charge is -1.98. The monoisotopic (exact) mass is 182 g/mol. The average Bonchev–Trinajstić information content (AvgIpc) is 1.98. The summed E-state index contributed by atoms with van der Waals surface area (Å²) in [6.07, 6.45) is 0.776. The van der Waals surface area contributed by atoms with Crippen LogP contribution in [-0.2, 0) is 9.53 Å². The third-order valence-corrected chi connectivity index (χ3v) is 1.32. The van der Waals surface area contributed by atoms with Crippen molar-refractivity contribution in [1.29, 1.82) is 0 Å². The number of rotatable bonds is 3. The first-order valence-corrected chi connectivity index (χ1v) is 3.66. The Morgan fingerprint density at radius 2 is 2.30 bits per heavy atom. The highest BCUT2D eigenvalue weighted by molar-refractivity contribution is 6.45. The van der Waals surface area contributed by atoms with Gasteiger partial charge in [0.2, 0.25) is 0 Å². The third kappa shape index (κ3) is 3.75. The number of halogens is 2. The number of hydrogen-bond donors (Lipinski definition) is 0. The lowest BCUT2D eigenvalue weighted by atomic mass is 10.5. The minimum atomic E-state index is -0.571. The fourth-order valence-electron chi connectivity index (χ4n) is 0.308. The zero-order valence-corrected chi connectivity index (χ0v) is 7.08. The van der Waals surface area contributed by atoms with Crippen LogP contribution in [0.25, 0.3) is 0 Å². The van der Waals surface area contributed by atoms with Crippen LogP contribution in [0.4, 0.5) is 0 Å². The molecular formula is C6H8Cl2O2. The van der Waals surface area contributed by atoms with Gasteiger partial charge in [-0.3, -0.25) is 0 Å². The lowest BCUT2D eigenvalue weighted by molar-refractivity contribution is -0.138. The van der Waals surface area contributed by atoms with Gasteiger partial charge in [-0.1, -0.05) is 30.1 Å². The van der Waals surface area contributed by atoms with E-state index < -0.39 is 5.97 Å². The van der Waals surface area contributed by atoms with Gasteiger partial charge in [0.05, 0.1) is 6.61 Å². The Bertz CT molecular complexity index is 143. The summed E-state index contributed by atoms with van der Waals surface area (Å²) in [6.45, 7) is 2.27. The molecule has 0 N–H and O–H groups in total. The molecule has 0 atom stereocenters. The van der Waals surface area contributed by atoms with E-state index in [1.165, 1.54) is 0 Å². The highest BCUT2D eigenvalue weighted by Gasteiger charge is 2.05. The Morgan fingerprint density at radius 1 is 1.70 bits per heavy atom. The van der Waals surface area contributed by atoms with E-state index in [1.807, 2.05) is 6.92 Å². The Labute approximate surface area is 69.8 Å². The molecule has 0 heterocycles. The number of esters is 1. The van der Waals surface area contributed by atoms with Gasteiger partial charge in [0.25, 0.3) is 0 Å². The summed E-state index contributed by atoms with van der Waals surface area (Å²) >= 11 is 10.4. The second-order valence-corrected chi connectivity index (χ2v) is 2.22. The minimum Gasteiger partial charge on any atom is -0.461 e. The van der Waals surface area contributed by atoms with E-state index in [0.29, 0.717) is 6.61 Å². The normalized spacial score (nSPS) is 11.3. The molecule has 0 bridgehead atoms. The highest BCUT2D eigenvalue weighted by atomic mass is 35.5. The number of carbonyl (C=O) groups is 1. The molecule has 4 heteroatoms. The molecule has 0 aliphatic heterocycles. The molecule has 0 aromatic heterocycles. The van der Waals surface area contributed by atoms with Crippen LogP contribution in [0.3, 0.4) is 0 Å². The Morgan fingerprint density at radius 3 is 2.70 bits per heavy atom. The maximum Gasteiger partial charge on any atom is 0.350 e. The number of hydrogen-bond acceptors (Lipinski definition) is 2. The van der Waals surface area contributed by atoms with E-state index in [1.54, 1.807) is 0 Å². The van der Waals surface area contributed by atoms with Gasteiger partial charge in [-0.25, -0.2) is 4.79 Å². The van der Waals surface area contributed by atoms with Gasteiger partial charge < -0.3 is 4.74 Å². The van der Waals surface area contributed by atoms with Crippen molar-refractivity contribution in [3.05, 3.63) is 10.6 Å². The van der Waals surface area contributed by atoms with Crippen molar-refractivity contribution in [1.82, 2.24) is 0 Å². The van der Waals surface area contributed by atoms with E-state index in [0.717, 1.165) is 12.0 Å². The van der Waals surface area contributed by atoms with Gasteiger partial charge in [0, 0.05) is 5.54 Å². The Balaban J connectivity index is 3.63. The molecule has 0 aromatic carbocycles. The molecule has 0 aromatic rings. The quantitative estimate of drug-likeness (QED) is 0.495. The first-order valence-electron chi connectivity index (χ1n) is 2.85. The van der Waals surface area contributed by atoms with Gasteiger partial charge in [-0.15, -0.1) is 0 Å². The molecule has 0 spiro atoms. The van der Waals surface area contributed by atoms with E-state index in [-0.39, 0.29) is 5.03 Å². The van der Waals surface area contributed by atoms with E-state index in [9.17, 15) is 4.79 Å². The average molecular weight is 183 g/mol. The molecule has 58 valence electrons. The Kier molecular flexibility index (Phi) is 5.45. The van der Waals surface area contributed by atoms with Gasteiger partial charge >= 0.3 is 5.97 Å². The van der Waals surface area contributed by atoms with Crippen LogP contribution in [0.5, 0.6) is 0 Å². The molecule has 0 aliphatic rings. The highest BCUT2D eigenvalue weighted by Crippen LogP contribution is 2.05. The largest absolute Gasteiger partial charge is 0.461 e. The molecule has 0 fully saturated rings. The summed E-state index contributed by atoms with van der Waals surface area (Å²) < 4.78 is 4.62. The summed E-state index contributed by atoms with van der Waals surface area (Å²) in [5.41, 5.74) is 0.986. The smallest absolute Gasteiger partial charge is 0.350 e. The van der Waals surface area contributed by atoms with Crippen LogP contribution < -0.4 is 0 Å². The molecule has 0 aliphatic carbocycles. The summed E-state index contributed by atoms with van der Waals surface area (Å²) in [5.74, 6) is -0.571. The van der Waals surface area contributed by atoms with Crippen LogP contribution in [-0.4, -0.2) is 12.6 Å². The van der Waals surface area contributed by atoms with Crippen LogP contribution in [0.1, 0.15) is 13.3 Å². The van der Waals surface area contributed by atoms with Crippen LogP contribution >= 0.6 is 23.2 Å². The third-order valence-electron chi connectivity index (χ3n) is 0.728. The van der Waals surface area contributed by atoms with Crippen molar-refractivity contribution in [3.63, 3.8) is 0 Å². The molecule has 0 saturated heterocycles. The van der Waals surface area contributed by atoms with Crippen molar-refractivity contribution >= 4 is 29.2 Å². The standard InChI is InChI=1S/C6H8Cl2O2/c1-2-3-10-6(9)5(8)4-7/h4H,2-3H2,1H3. The van der Waals surface area contributed by atoms with Gasteiger partial charge in [0.1, 0.15) is 5.03 Å². The van der Waals surface area contributed by atoms with Crippen molar-refractivity contribution in [3.8, 4) is 0 Å². The maximum atomic E-state index is 10.6. The summed E-state index contributed by atoms with van der Waals surface area (Å²) in [5, 5.41) is -0.0879. The zero-order chi connectivity index (χ0) is 7.98. The molecule has 0 radical (unpaired) electrons. The van der Waals surface area contributed by atoms with Crippen LogP contribution in [0.2, 0.25) is 0 Å². The predicted octanol–water partition coefficient (Wildman–Crippen LogP) is 2.26. The lowest BCUT2D eigenvalue weighted by Crippen LogP contribution is -2.04. The van der Waals surface area contributed by atoms with Crippen molar-refractivity contribution < 1.29 is 9.53 Å². The van der Waals surface area contributed by atoms with Gasteiger partial charge in [-0.05, 0) is 6.42 Å². The number of carbonyl (C=O) groups excluding carboxylic acids is 1. The molecule has 0 amide bonds. The fraction of sp³-hybridized carbons (Fsp3) is 0.500. The van der Waals surface area contributed by atoms with Gasteiger partial charge in [0.15, 0.2) is 0 Å². The SMILES string of the molecule is CCCOC(=O)C(Cl)=CCl. The predicted molar refractivity (Wildman–Crippen MR) is 41.0 cm³/mol. The van der Waals surface area contributed by atoms with E-state index >= 15 is 0 Å². The molecule has 0 rings (SSSR count). The van der Waals surface area contributed by atoms with Crippen molar-refractivity contribution in [2.45, 2.75) is 13.3 Å². The van der Waals surface area contributed by atoms with Gasteiger partial charge in [-0.2, -0.15) is 0 Å². The van der Waals surface area contributed by atoms with E-state index in [2.05, 4.69) is 4.74 Å². The molecule has 2 nitrogen and oxygen atoms in total. The summed E-state index contributed by atoms with van der Waals surface area (Å²) in [7, 11) is 0. The summed E-state index contributed by atoms with van der Waals surface area (Å²) in [4.78, 5) is 10.6. The molecule has 0 saturated carbocycles. The summed E-state index contributed by atoms with van der Waals surface area (Å²) in [6, 6.07) is 0. The molecule has 10 heavy (non-hydrogen) atoms. The zero-order valence-electron chi connectivity index (χ0n) is 5.56. The maximum absolute atomic E-state index is 10.6. The second-order valence-electron chi connectivity index (χ2n) is 1.59. The Hall–Kier alpha value is -0.210. The van der Waals surface area contributed by atoms with Crippen LogP contribution in [0.15, 0.2) is 10.6 Å².